The van der Waals surface area contributed by atoms with Crippen LogP contribution >= 0.6 is 0 Å². The second kappa shape index (κ2) is 5.14. The minimum absolute atomic E-state index is 0.892. The molecule has 0 aliphatic rings. The largest absolute Gasteiger partial charge is 0.464 e. The highest BCUT2D eigenvalue weighted by Gasteiger charge is 2.11. The van der Waals surface area contributed by atoms with Crippen LogP contribution in [-0.2, 0) is 0 Å². The van der Waals surface area contributed by atoms with Crippen molar-refractivity contribution in [2.24, 2.45) is 0 Å². The van der Waals surface area contributed by atoms with Crippen molar-refractivity contribution in [2.75, 3.05) is 0 Å². The molecule has 5 rings (SSSR count). The number of furan rings is 1. The van der Waals surface area contributed by atoms with E-state index >= 15 is 0 Å². The SMILES string of the molecule is c1coc(-c2ccc(-n3c4ccccc4c4ccccc43)cc2)c1. The van der Waals surface area contributed by atoms with Crippen LogP contribution < -0.4 is 0 Å². The van der Waals surface area contributed by atoms with Crippen LogP contribution in [0.15, 0.2) is 95.6 Å². The van der Waals surface area contributed by atoms with Gasteiger partial charge in [-0.25, -0.2) is 0 Å². The number of fused-ring (bicyclic) bond motifs is 3. The van der Waals surface area contributed by atoms with E-state index in [-0.39, 0.29) is 0 Å². The lowest BCUT2D eigenvalue weighted by Crippen LogP contribution is -1.93. The van der Waals surface area contributed by atoms with Gasteiger partial charge in [-0.1, -0.05) is 36.4 Å². The summed E-state index contributed by atoms with van der Waals surface area (Å²) in [4.78, 5) is 0. The van der Waals surface area contributed by atoms with Crippen LogP contribution in [0.4, 0.5) is 0 Å². The Bertz CT molecular complexity index is 1080. The Morgan fingerprint density at radius 1 is 0.583 bits per heavy atom. The normalized spacial score (nSPS) is 11.3. The van der Waals surface area contributed by atoms with Gasteiger partial charge in [0.05, 0.1) is 17.3 Å². The van der Waals surface area contributed by atoms with Crippen LogP contribution in [0.25, 0.3) is 38.8 Å². The average Bonchev–Trinajstić information content (AvgIpc) is 3.28. The molecule has 2 heterocycles. The van der Waals surface area contributed by atoms with Crippen molar-refractivity contribution in [1.29, 1.82) is 0 Å². The zero-order chi connectivity index (χ0) is 15.9. The summed E-state index contributed by atoms with van der Waals surface area (Å²) in [5.74, 6) is 0.892. The van der Waals surface area contributed by atoms with Crippen molar-refractivity contribution in [3.63, 3.8) is 0 Å². The number of benzene rings is 3. The number of nitrogens with zero attached hydrogens (tertiary/aromatic N) is 1. The standard InChI is InChI=1S/C22H15NO/c1-3-8-20-18(6-1)19-7-2-4-9-21(19)23(20)17-13-11-16(12-14-17)22-10-5-15-24-22/h1-15H. The van der Waals surface area contributed by atoms with E-state index in [1.165, 1.54) is 21.8 Å². The summed E-state index contributed by atoms with van der Waals surface area (Å²) < 4.78 is 7.80. The molecule has 0 saturated heterocycles. The second-order valence-corrected chi connectivity index (χ2v) is 5.89. The molecule has 114 valence electrons. The molecule has 0 amide bonds. The van der Waals surface area contributed by atoms with E-state index in [0.717, 1.165) is 17.0 Å². The van der Waals surface area contributed by atoms with Crippen LogP contribution in [0.1, 0.15) is 0 Å². The first-order chi connectivity index (χ1) is 11.9. The number of hydrogen-bond acceptors (Lipinski definition) is 1. The fraction of sp³-hybridized carbons (Fsp3) is 0. The van der Waals surface area contributed by atoms with E-state index in [4.69, 9.17) is 4.42 Å². The first-order valence-corrected chi connectivity index (χ1v) is 8.04. The quantitative estimate of drug-likeness (QED) is 0.388. The number of hydrogen-bond donors (Lipinski definition) is 0. The molecule has 0 aliphatic carbocycles. The summed E-state index contributed by atoms with van der Waals surface area (Å²) in [5.41, 5.74) is 4.70. The summed E-state index contributed by atoms with van der Waals surface area (Å²) in [6.45, 7) is 0. The molecule has 0 radical (unpaired) electrons. The van der Waals surface area contributed by atoms with Crippen LogP contribution in [-0.4, -0.2) is 4.57 Å². The number of rotatable bonds is 2. The molecule has 2 nitrogen and oxygen atoms in total. The Hall–Kier alpha value is -3.26. The topological polar surface area (TPSA) is 18.1 Å². The third-order valence-corrected chi connectivity index (χ3v) is 4.51. The molecule has 0 atom stereocenters. The third kappa shape index (κ3) is 1.90. The van der Waals surface area contributed by atoms with E-state index in [1.54, 1.807) is 6.26 Å². The maximum atomic E-state index is 5.48. The fourth-order valence-corrected chi connectivity index (χ4v) is 3.42. The van der Waals surface area contributed by atoms with Gasteiger partial charge in [0, 0.05) is 22.0 Å². The Kier molecular flexibility index (Phi) is 2.83. The summed E-state index contributed by atoms with van der Waals surface area (Å²) in [5, 5.41) is 2.56. The predicted molar refractivity (Wildman–Crippen MR) is 98.5 cm³/mol. The highest BCUT2D eigenvalue weighted by Crippen LogP contribution is 2.32. The van der Waals surface area contributed by atoms with Gasteiger partial charge in [0.15, 0.2) is 0 Å². The van der Waals surface area contributed by atoms with E-state index in [2.05, 4.69) is 77.4 Å². The molecular weight excluding hydrogens is 294 g/mol. The molecule has 0 fully saturated rings. The number of aromatic nitrogens is 1. The van der Waals surface area contributed by atoms with Crippen molar-refractivity contribution >= 4 is 21.8 Å². The highest BCUT2D eigenvalue weighted by atomic mass is 16.3. The maximum Gasteiger partial charge on any atom is 0.133 e. The van der Waals surface area contributed by atoms with Gasteiger partial charge in [-0.2, -0.15) is 0 Å². The molecule has 5 aromatic rings. The van der Waals surface area contributed by atoms with Gasteiger partial charge >= 0.3 is 0 Å². The van der Waals surface area contributed by atoms with Crippen LogP contribution in [0.2, 0.25) is 0 Å². The minimum atomic E-state index is 0.892. The first kappa shape index (κ1) is 13.2. The molecule has 0 spiro atoms. The molecular formula is C22H15NO. The van der Waals surface area contributed by atoms with Gasteiger partial charge < -0.3 is 8.98 Å². The number of para-hydroxylation sites is 2. The molecule has 0 N–H and O–H groups in total. The molecule has 24 heavy (non-hydrogen) atoms. The van der Waals surface area contributed by atoms with Crippen LogP contribution in [0.3, 0.4) is 0 Å². The Labute approximate surface area is 139 Å². The van der Waals surface area contributed by atoms with Gasteiger partial charge in [0.2, 0.25) is 0 Å². The fourth-order valence-electron chi connectivity index (χ4n) is 3.42. The van der Waals surface area contributed by atoms with Crippen molar-refractivity contribution in [3.8, 4) is 17.0 Å². The molecule has 2 heteroatoms. The van der Waals surface area contributed by atoms with Gasteiger partial charge in [-0.05, 0) is 48.5 Å². The molecule has 0 unspecified atom stereocenters. The average molecular weight is 309 g/mol. The van der Waals surface area contributed by atoms with E-state index in [9.17, 15) is 0 Å². The molecule has 0 saturated carbocycles. The monoisotopic (exact) mass is 309 g/mol. The molecule has 2 aromatic heterocycles. The zero-order valence-electron chi connectivity index (χ0n) is 13.0. The minimum Gasteiger partial charge on any atom is -0.464 e. The van der Waals surface area contributed by atoms with Gasteiger partial charge in [-0.15, -0.1) is 0 Å². The van der Waals surface area contributed by atoms with Crippen molar-refractivity contribution in [1.82, 2.24) is 4.57 Å². The smallest absolute Gasteiger partial charge is 0.133 e. The predicted octanol–water partition coefficient (Wildman–Crippen LogP) is 6.04. The molecule has 0 aliphatic heterocycles. The van der Waals surface area contributed by atoms with Gasteiger partial charge in [0.25, 0.3) is 0 Å². The summed E-state index contributed by atoms with van der Waals surface area (Å²) in [7, 11) is 0. The maximum absolute atomic E-state index is 5.48. The lowest BCUT2D eigenvalue weighted by Gasteiger charge is -2.08. The molecule has 3 aromatic carbocycles. The Balaban J connectivity index is 1.76. The Morgan fingerprint density at radius 2 is 1.21 bits per heavy atom. The molecule has 0 bridgehead atoms. The highest BCUT2D eigenvalue weighted by molar-refractivity contribution is 6.09. The zero-order valence-corrected chi connectivity index (χ0v) is 13.0. The third-order valence-electron chi connectivity index (χ3n) is 4.51. The van der Waals surface area contributed by atoms with Crippen molar-refractivity contribution < 1.29 is 4.42 Å². The van der Waals surface area contributed by atoms with Crippen LogP contribution in [0.5, 0.6) is 0 Å². The van der Waals surface area contributed by atoms with Gasteiger partial charge in [0.1, 0.15) is 5.76 Å². The summed E-state index contributed by atoms with van der Waals surface area (Å²) in [6.07, 6.45) is 1.70. The second-order valence-electron chi connectivity index (χ2n) is 5.89. The van der Waals surface area contributed by atoms with Gasteiger partial charge in [-0.3, -0.25) is 0 Å². The lowest BCUT2D eigenvalue weighted by atomic mass is 10.1. The van der Waals surface area contributed by atoms with E-state index in [0.29, 0.717) is 0 Å². The lowest BCUT2D eigenvalue weighted by molar-refractivity contribution is 0.582. The van der Waals surface area contributed by atoms with E-state index in [1.807, 2.05) is 12.1 Å². The van der Waals surface area contributed by atoms with E-state index < -0.39 is 0 Å². The van der Waals surface area contributed by atoms with Crippen molar-refractivity contribution in [2.45, 2.75) is 0 Å². The van der Waals surface area contributed by atoms with Crippen molar-refractivity contribution in [3.05, 3.63) is 91.2 Å². The van der Waals surface area contributed by atoms with Crippen LogP contribution in [0, 0.1) is 0 Å². The summed E-state index contributed by atoms with van der Waals surface area (Å²) in [6, 6.07) is 29.5. The Morgan fingerprint density at radius 3 is 1.79 bits per heavy atom. The summed E-state index contributed by atoms with van der Waals surface area (Å²) >= 11 is 0. The first-order valence-electron chi connectivity index (χ1n) is 8.04.